The van der Waals surface area contributed by atoms with Crippen LogP contribution in [0, 0.1) is 13.8 Å². The van der Waals surface area contributed by atoms with Crippen molar-refractivity contribution in [3.63, 3.8) is 0 Å². The van der Waals surface area contributed by atoms with Gasteiger partial charge in [-0.3, -0.25) is 9.48 Å². The lowest BCUT2D eigenvalue weighted by molar-refractivity contribution is 0.0514. The lowest BCUT2D eigenvalue weighted by Crippen LogP contribution is -2.39. The summed E-state index contributed by atoms with van der Waals surface area (Å²) in [5, 5.41) is 17.7. The van der Waals surface area contributed by atoms with Gasteiger partial charge in [0.1, 0.15) is 28.5 Å². The number of carbonyl (C=O) groups is 1. The third-order valence-electron chi connectivity index (χ3n) is 4.22. The van der Waals surface area contributed by atoms with E-state index in [-0.39, 0.29) is 12.5 Å². The van der Waals surface area contributed by atoms with Crippen LogP contribution in [-0.4, -0.2) is 31.9 Å². The number of hydrogen-bond donors (Lipinski definition) is 2. The first-order chi connectivity index (χ1) is 11.8. The van der Waals surface area contributed by atoms with Gasteiger partial charge in [-0.2, -0.15) is 5.10 Å². The Kier molecular flexibility index (Phi) is 4.26. The highest BCUT2D eigenvalue weighted by atomic mass is 16.3. The van der Waals surface area contributed by atoms with E-state index in [0.717, 1.165) is 5.76 Å². The van der Waals surface area contributed by atoms with Gasteiger partial charge >= 0.3 is 0 Å². The van der Waals surface area contributed by atoms with E-state index < -0.39 is 5.60 Å². The Labute approximate surface area is 145 Å². The third kappa shape index (κ3) is 3.23. The molecule has 0 unspecified atom stereocenters. The molecule has 25 heavy (non-hydrogen) atoms. The summed E-state index contributed by atoms with van der Waals surface area (Å²) >= 11 is 0. The molecular formula is C18H22N4O3. The number of nitrogens with one attached hydrogen (secondary N) is 1. The number of furan rings is 1. The highest BCUT2D eigenvalue weighted by Gasteiger charge is 2.29. The summed E-state index contributed by atoms with van der Waals surface area (Å²) in [5.74, 6) is 1.74. The summed E-state index contributed by atoms with van der Waals surface area (Å²) in [4.78, 5) is 12.6. The van der Waals surface area contributed by atoms with Gasteiger partial charge in [0.05, 0.1) is 12.7 Å². The Morgan fingerprint density at radius 1 is 1.36 bits per heavy atom. The number of rotatable bonds is 5. The van der Waals surface area contributed by atoms with Crippen LogP contribution >= 0.6 is 0 Å². The van der Waals surface area contributed by atoms with Crippen LogP contribution in [0.15, 0.2) is 41.2 Å². The average Bonchev–Trinajstić information content (AvgIpc) is 3.25. The molecule has 0 aliphatic heterocycles. The Balaban J connectivity index is 1.79. The SMILES string of the molecule is Cc1cc([C@](C)(O)CNC(=O)c2cnn(C)c2-n2cccc2)c(C)o1. The first-order valence-corrected chi connectivity index (χ1v) is 8.03. The van der Waals surface area contributed by atoms with Crippen molar-refractivity contribution in [2.24, 2.45) is 7.05 Å². The van der Waals surface area contributed by atoms with Gasteiger partial charge in [-0.25, -0.2) is 0 Å². The van der Waals surface area contributed by atoms with Crippen LogP contribution in [-0.2, 0) is 12.6 Å². The Morgan fingerprint density at radius 3 is 2.64 bits per heavy atom. The molecule has 132 valence electrons. The van der Waals surface area contributed by atoms with E-state index in [1.807, 2.05) is 36.0 Å². The Bertz CT molecular complexity index is 888. The summed E-state index contributed by atoms with van der Waals surface area (Å²) in [6.45, 7) is 5.33. The van der Waals surface area contributed by atoms with Crippen LogP contribution in [0.3, 0.4) is 0 Å². The van der Waals surface area contributed by atoms with E-state index in [2.05, 4.69) is 10.4 Å². The lowest BCUT2D eigenvalue weighted by Gasteiger charge is -2.23. The highest BCUT2D eigenvalue weighted by Crippen LogP contribution is 2.26. The Hall–Kier alpha value is -2.80. The summed E-state index contributed by atoms with van der Waals surface area (Å²) in [6.07, 6.45) is 5.22. The van der Waals surface area contributed by atoms with Gasteiger partial charge in [0, 0.05) is 25.0 Å². The second kappa shape index (κ2) is 6.25. The van der Waals surface area contributed by atoms with E-state index in [0.29, 0.717) is 22.7 Å². The molecule has 0 saturated heterocycles. The fourth-order valence-corrected chi connectivity index (χ4v) is 2.98. The lowest BCUT2D eigenvalue weighted by atomic mass is 9.96. The molecule has 3 aromatic heterocycles. The molecule has 0 radical (unpaired) electrons. The molecule has 0 saturated carbocycles. The number of carbonyl (C=O) groups excluding carboxylic acids is 1. The standard InChI is InChI=1S/C18H22N4O3/c1-12-9-15(13(2)25-12)18(3,24)11-19-16(23)14-10-20-21(4)17(14)22-7-5-6-8-22/h5-10,24H,11H2,1-4H3,(H,19,23)/t18-/m1/s1. The van der Waals surface area contributed by atoms with Crippen LogP contribution in [0.2, 0.25) is 0 Å². The number of aliphatic hydroxyl groups is 1. The zero-order valence-corrected chi connectivity index (χ0v) is 14.8. The zero-order chi connectivity index (χ0) is 18.2. The number of amides is 1. The van der Waals surface area contributed by atoms with Crippen molar-refractivity contribution in [1.29, 1.82) is 0 Å². The number of aryl methyl sites for hydroxylation is 3. The largest absolute Gasteiger partial charge is 0.466 e. The molecule has 0 spiro atoms. The minimum Gasteiger partial charge on any atom is -0.466 e. The quantitative estimate of drug-likeness (QED) is 0.743. The Morgan fingerprint density at radius 2 is 2.04 bits per heavy atom. The minimum absolute atomic E-state index is 0.0612. The van der Waals surface area contributed by atoms with Crippen LogP contribution in [0.5, 0.6) is 0 Å². The molecule has 3 heterocycles. The fraction of sp³-hybridized carbons (Fsp3) is 0.333. The smallest absolute Gasteiger partial charge is 0.256 e. The maximum Gasteiger partial charge on any atom is 0.256 e. The van der Waals surface area contributed by atoms with E-state index in [4.69, 9.17) is 4.42 Å². The molecule has 1 atom stereocenters. The second-order valence-electron chi connectivity index (χ2n) is 6.38. The molecule has 0 fully saturated rings. The van der Waals surface area contributed by atoms with E-state index >= 15 is 0 Å². The molecule has 3 rings (SSSR count). The van der Waals surface area contributed by atoms with Gasteiger partial charge in [-0.1, -0.05) is 0 Å². The summed E-state index contributed by atoms with van der Waals surface area (Å²) in [6, 6.07) is 5.55. The van der Waals surface area contributed by atoms with Gasteiger partial charge in [0.2, 0.25) is 0 Å². The fourth-order valence-electron chi connectivity index (χ4n) is 2.98. The molecule has 3 aromatic rings. The molecule has 0 bridgehead atoms. The van der Waals surface area contributed by atoms with Gasteiger partial charge in [0.15, 0.2) is 0 Å². The van der Waals surface area contributed by atoms with Crippen molar-refractivity contribution < 1.29 is 14.3 Å². The average molecular weight is 342 g/mol. The van der Waals surface area contributed by atoms with Crippen molar-refractivity contribution in [3.8, 4) is 5.82 Å². The number of hydrogen-bond acceptors (Lipinski definition) is 4. The van der Waals surface area contributed by atoms with Gasteiger partial charge < -0.3 is 19.4 Å². The summed E-state index contributed by atoms with van der Waals surface area (Å²) in [7, 11) is 1.78. The first-order valence-electron chi connectivity index (χ1n) is 8.03. The molecule has 0 aliphatic carbocycles. The van der Waals surface area contributed by atoms with Crippen LogP contribution in [0.4, 0.5) is 0 Å². The van der Waals surface area contributed by atoms with Crippen molar-refractivity contribution >= 4 is 5.91 Å². The monoisotopic (exact) mass is 342 g/mol. The molecule has 0 aromatic carbocycles. The summed E-state index contributed by atoms with van der Waals surface area (Å²) < 4.78 is 8.93. The van der Waals surface area contributed by atoms with Crippen molar-refractivity contribution in [3.05, 3.63) is 59.4 Å². The molecule has 2 N–H and O–H groups in total. The number of nitrogens with zero attached hydrogens (tertiary/aromatic N) is 3. The van der Waals surface area contributed by atoms with Crippen molar-refractivity contribution in [2.75, 3.05) is 6.54 Å². The number of aromatic nitrogens is 3. The predicted molar refractivity (Wildman–Crippen MR) is 92.6 cm³/mol. The predicted octanol–water partition coefficient (Wildman–Crippen LogP) is 2.06. The van der Waals surface area contributed by atoms with Gasteiger partial charge in [-0.05, 0) is 39.0 Å². The maximum atomic E-state index is 12.6. The topological polar surface area (TPSA) is 85.2 Å². The zero-order valence-electron chi connectivity index (χ0n) is 14.8. The normalized spacial score (nSPS) is 13.6. The third-order valence-corrected chi connectivity index (χ3v) is 4.22. The minimum atomic E-state index is -1.23. The molecule has 0 aliphatic rings. The molecule has 1 amide bonds. The molecule has 7 heteroatoms. The van der Waals surface area contributed by atoms with Crippen LogP contribution < -0.4 is 5.32 Å². The van der Waals surface area contributed by atoms with E-state index in [1.54, 1.807) is 31.6 Å². The van der Waals surface area contributed by atoms with Crippen LogP contribution in [0.1, 0.15) is 34.4 Å². The molecular weight excluding hydrogens is 320 g/mol. The van der Waals surface area contributed by atoms with E-state index in [9.17, 15) is 9.90 Å². The molecule has 7 nitrogen and oxygen atoms in total. The van der Waals surface area contributed by atoms with Gasteiger partial charge in [0.25, 0.3) is 5.91 Å². The second-order valence-corrected chi connectivity index (χ2v) is 6.38. The van der Waals surface area contributed by atoms with Crippen LogP contribution in [0.25, 0.3) is 5.82 Å². The summed E-state index contributed by atoms with van der Waals surface area (Å²) in [5.41, 5.74) is -0.121. The van der Waals surface area contributed by atoms with Gasteiger partial charge in [-0.15, -0.1) is 0 Å². The highest BCUT2D eigenvalue weighted by molar-refractivity contribution is 5.97. The van der Waals surface area contributed by atoms with Crippen molar-refractivity contribution in [2.45, 2.75) is 26.4 Å². The van der Waals surface area contributed by atoms with E-state index in [1.165, 1.54) is 6.20 Å². The maximum absolute atomic E-state index is 12.6. The first kappa shape index (κ1) is 17.0. The van der Waals surface area contributed by atoms with Crippen molar-refractivity contribution in [1.82, 2.24) is 19.7 Å².